The minimum atomic E-state index is -3.24. The van der Waals surface area contributed by atoms with Crippen LogP contribution in [0.5, 0.6) is 0 Å². The Morgan fingerprint density at radius 2 is 0.478 bits per heavy atom. The summed E-state index contributed by atoms with van der Waals surface area (Å²) in [6.45, 7) is 0. The topological polar surface area (TPSA) is 268 Å². The van der Waals surface area contributed by atoms with Crippen LogP contribution in [0.25, 0.3) is 0 Å². The number of rotatable bonds is 6. The zero-order valence-corrected chi connectivity index (χ0v) is 19.1. The van der Waals surface area contributed by atoms with Crippen LogP contribution in [0.4, 0.5) is 0 Å². The van der Waals surface area contributed by atoms with E-state index in [2.05, 4.69) is 12.9 Å². The molecule has 0 radical (unpaired) electrons. The summed E-state index contributed by atoms with van der Waals surface area (Å²) < 4.78 is 64.9. The maximum absolute atomic E-state index is 9.24. The van der Waals surface area contributed by atoms with Crippen LogP contribution >= 0.6 is 49.5 Å². The molecule has 0 aliphatic heterocycles. The molecule has 0 heterocycles. The van der Waals surface area contributed by atoms with Gasteiger partial charge in [-0.05, 0) is 27.4 Å². The van der Waals surface area contributed by atoms with Crippen LogP contribution in [0.2, 0.25) is 0 Å². The molecule has 15 nitrogen and oxygen atoms in total. The summed E-state index contributed by atoms with van der Waals surface area (Å²) in [5.41, 5.74) is 0. The Morgan fingerprint density at radius 3 is 0.478 bits per heavy atom. The maximum Gasteiger partial charge on any atom is 3.00 e. The van der Waals surface area contributed by atoms with Gasteiger partial charge in [0.15, 0.2) is 0 Å². The van der Waals surface area contributed by atoms with Crippen molar-refractivity contribution in [2.45, 2.75) is 0 Å². The van der Waals surface area contributed by atoms with E-state index in [-0.39, 0.29) is 77.2 Å². The van der Waals surface area contributed by atoms with E-state index < -0.39 is 49.5 Å². The van der Waals surface area contributed by atoms with Gasteiger partial charge in [-0.25, -0.2) is 0 Å². The average molecular weight is 744 g/mol. The minimum Gasteiger partial charge on any atom is -0.563 e. The summed E-state index contributed by atoms with van der Waals surface area (Å²) in [6.07, 6.45) is 0. The summed E-state index contributed by atoms with van der Waals surface area (Å²) in [5.74, 6) is 0. The molecule has 0 spiro atoms. The van der Waals surface area contributed by atoms with Crippen molar-refractivity contribution in [3.8, 4) is 0 Å². The van der Waals surface area contributed by atoms with E-state index in [0.717, 1.165) is 0 Å². The van der Waals surface area contributed by atoms with Gasteiger partial charge in [-0.3, -0.25) is 0 Å². The largest absolute Gasteiger partial charge is 3.00 e. The Hall–Kier alpha value is 2.81. The van der Waals surface area contributed by atoms with E-state index in [1.165, 1.54) is 0 Å². The Labute approximate surface area is 194 Å². The normalized spacial score (nSPS) is 12.3. The van der Waals surface area contributed by atoms with Gasteiger partial charge in [-0.1, -0.05) is 0 Å². The van der Waals surface area contributed by atoms with E-state index in [0.29, 0.717) is 0 Å². The Bertz CT molecular complexity index is 318. The van der Waals surface area contributed by atoms with E-state index in [9.17, 15) is 56.8 Å². The average Bonchev–Trinajstić information content (AvgIpc) is 2.10. The molecule has 0 rings (SSSR count). The van der Waals surface area contributed by atoms with Gasteiger partial charge in [0.2, 0.25) is 0 Å². The van der Waals surface area contributed by atoms with E-state index in [4.69, 9.17) is 0 Å². The van der Waals surface area contributed by atoms with Gasteiger partial charge in [0.05, 0.1) is 0 Å². The summed E-state index contributed by atoms with van der Waals surface area (Å²) in [7, 11) is -19.4. The molecule has 0 aromatic rings. The molecule has 0 saturated heterocycles. The van der Waals surface area contributed by atoms with Gasteiger partial charge in [-0.2, -0.15) is 0 Å². The van der Waals surface area contributed by atoms with E-state index >= 15 is 0 Å². The molecule has 0 fully saturated rings. The molecule has 0 bridgehead atoms. The zero-order chi connectivity index (χ0) is 17.6. The van der Waals surface area contributed by atoms with Crippen molar-refractivity contribution in [1.82, 2.24) is 0 Å². The molecule has 6 unspecified atom stereocenters. The predicted octanol–water partition coefficient (Wildman–Crippen LogP) is -2.88. The van der Waals surface area contributed by atoms with Crippen molar-refractivity contribution in [3.05, 3.63) is 0 Å². The van der Waals surface area contributed by atoms with Crippen molar-refractivity contribution in [1.29, 1.82) is 0 Å². The van der Waals surface area contributed by atoms with Gasteiger partial charge < -0.3 is 29.4 Å². The van der Waals surface area contributed by atoms with Crippen molar-refractivity contribution in [3.63, 3.8) is 0 Å². The van der Waals surface area contributed by atoms with Crippen LogP contribution in [-0.4, -0.2) is 0 Å². The van der Waals surface area contributed by atoms with Gasteiger partial charge >= 0.3 is 127 Å². The Balaban J connectivity index is -0.0000000675. The van der Waals surface area contributed by atoms with Crippen LogP contribution in [0.1, 0.15) is 0 Å². The molecule has 0 N–H and O–H groups in total. The molecular formula is O15P6Tb2+6. The van der Waals surface area contributed by atoms with Crippen molar-refractivity contribution in [2.75, 3.05) is 0 Å². The first kappa shape index (κ1) is 36.7. The van der Waals surface area contributed by atoms with Gasteiger partial charge in [-0.15, -0.1) is 0 Å². The fourth-order valence-corrected chi connectivity index (χ4v) is 1.47. The van der Waals surface area contributed by atoms with Gasteiger partial charge in [0, 0.05) is 0 Å². The minimum absolute atomic E-state index is 0. The third-order valence-corrected chi connectivity index (χ3v) is 3.60. The fraction of sp³-hybridized carbons (Fsp3) is 0. The van der Waals surface area contributed by atoms with Crippen LogP contribution < -0.4 is 29.4 Å². The second-order valence-electron chi connectivity index (χ2n) is 1.59. The maximum atomic E-state index is 9.24. The molecule has 132 valence electrons. The monoisotopic (exact) mass is 744 g/mol. The molecule has 0 aliphatic rings. The third-order valence-electron chi connectivity index (χ3n) is 0.400. The first-order valence-corrected chi connectivity index (χ1v) is 9.86. The van der Waals surface area contributed by atoms with Crippen LogP contribution in [-0.2, 0) is 40.3 Å². The molecule has 23 heteroatoms. The summed E-state index contributed by atoms with van der Waals surface area (Å²) in [5, 5.41) is 0. The summed E-state index contributed by atoms with van der Waals surface area (Å²) in [4.78, 5) is 55.4. The second-order valence-corrected chi connectivity index (χ2v) is 6.23. The van der Waals surface area contributed by atoms with Crippen LogP contribution in [0.3, 0.4) is 0 Å². The second kappa shape index (κ2) is 24.8. The van der Waals surface area contributed by atoms with E-state index in [1.807, 2.05) is 0 Å². The smallest absolute Gasteiger partial charge is 0.563 e. The Morgan fingerprint density at radius 1 is 0.391 bits per heavy atom. The Kier molecular flexibility index (Phi) is 39.6. The number of hydrogen-bond acceptors (Lipinski definition) is 15. The third kappa shape index (κ3) is 58.9. The first-order valence-electron chi connectivity index (χ1n) is 3.29. The zero-order valence-electron chi connectivity index (χ0n) is 9.47. The molecule has 0 saturated carbocycles. The molecule has 0 amide bonds. The van der Waals surface area contributed by atoms with Crippen molar-refractivity contribution in [2.24, 2.45) is 0 Å². The summed E-state index contributed by atoms with van der Waals surface area (Å²) in [6, 6.07) is 0. The fourth-order valence-electron chi connectivity index (χ4n) is 0.163. The van der Waals surface area contributed by atoms with Gasteiger partial charge in [0.1, 0.15) is 12.9 Å². The van der Waals surface area contributed by atoms with E-state index in [1.54, 1.807) is 0 Å². The number of hydrogen-bond donors (Lipinski definition) is 0. The van der Waals surface area contributed by atoms with Crippen molar-refractivity contribution >= 4 is 49.5 Å². The van der Waals surface area contributed by atoms with Crippen LogP contribution in [0.15, 0.2) is 0 Å². The van der Waals surface area contributed by atoms with Crippen molar-refractivity contribution < 1.29 is 147 Å². The standard InChI is InChI=1S/3O5P2.2Tb/c3*1-6(2)5-7(3)4;;/q;;;2*+3. The molecule has 6 atom stereocenters. The summed E-state index contributed by atoms with van der Waals surface area (Å²) >= 11 is 0. The molecule has 0 aromatic carbocycles. The van der Waals surface area contributed by atoms with Crippen LogP contribution in [0, 0.1) is 77.2 Å². The quantitative estimate of drug-likeness (QED) is 0.247. The molecule has 23 heavy (non-hydrogen) atoms. The first-order chi connectivity index (χ1) is 9.38. The molecule has 0 aromatic heterocycles. The van der Waals surface area contributed by atoms with Gasteiger partial charge in [0.25, 0.3) is 0 Å². The SMILES string of the molecule is O=[P+]([O-])O[P+](=O)[O-].O=[P+]([O-])O[P+](=O)[O-].O=[P+]([O-])O[P+](=O)[O-].[Tb+3].[Tb+3]. The molecule has 0 aliphatic carbocycles. The predicted molar refractivity (Wildman–Crippen MR) is 48.9 cm³/mol. The molecular weight excluding hydrogens is 744 g/mol.